The maximum atomic E-state index is 10.9. The topological polar surface area (TPSA) is 43.1 Å². The van der Waals surface area contributed by atoms with E-state index in [1.165, 1.54) is 11.1 Å². The Kier molecular flexibility index (Phi) is 2.97. The summed E-state index contributed by atoms with van der Waals surface area (Å²) in [5.41, 5.74) is 3.77. The maximum absolute atomic E-state index is 10.9. The van der Waals surface area contributed by atoms with E-state index >= 15 is 0 Å². The van der Waals surface area contributed by atoms with Crippen LogP contribution in [0.3, 0.4) is 0 Å². The predicted octanol–water partition coefficient (Wildman–Crippen LogP) is 3.33. The third-order valence-electron chi connectivity index (χ3n) is 2.64. The molecule has 4 heteroatoms. The lowest BCUT2D eigenvalue weighted by molar-refractivity contribution is 0.105. The molecule has 1 heterocycles. The molecule has 84 valence electrons. The maximum Gasteiger partial charge on any atom is 0.307 e. The van der Waals surface area contributed by atoms with Crippen LogP contribution in [0.25, 0.3) is 11.1 Å². The van der Waals surface area contributed by atoms with Crippen LogP contribution < -0.4 is 0 Å². The molecule has 2 aromatic rings. The highest BCUT2D eigenvalue weighted by Gasteiger charge is 2.13. The number of hydrogen-bond donors (Lipinski definition) is 0. The summed E-state index contributed by atoms with van der Waals surface area (Å²) in [4.78, 5) is 15.0. The zero-order chi connectivity index (χ0) is 11.7. The van der Waals surface area contributed by atoms with Crippen molar-refractivity contribution in [1.82, 2.24) is 4.98 Å². The molecule has 0 radical (unpaired) electrons. The summed E-state index contributed by atoms with van der Waals surface area (Å²) in [5, 5.41) is -0.660. The van der Waals surface area contributed by atoms with Gasteiger partial charge in [0.25, 0.3) is 5.89 Å². The van der Waals surface area contributed by atoms with Gasteiger partial charge in [0, 0.05) is 0 Å². The van der Waals surface area contributed by atoms with Gasteiger partial charge in [-0.25, -0.2) is 4.98 Å². The van der Waals surface area contributed by atoms with Crippen LogP contribution in [0.1, 0.15) is 35.7 Å². The van der Waals surface area contributed by atoms with E-state index in [0.717, 1.165) is 12.8 Å². The fourth-order valence-electron chi connectivity index (χ4n) is 1.80. The molecule has 2 rings (SSSR count). The van der Waals surface area contributed by atoms with Gasteiger partial charge < -0.3 is 4.42 Å². The number of halogens is 1. The van der Waals surface area contributed by atoms with Crippen molar-refractivity contribution < 1.29 is 9.21 Å². The first-order chi connectivity index (χ1) is 7.65. The van der Waals surface area contributed by atoms with Crippen LogP contribution in [0.4, 0.5) is 0 Å². The smallest absolute Gasteiger partial charge is 0.307 e. The summed E-state index contributed by atoms with van der Waals surface area (Å²) in [7, 11) is 0. The van der Waals surface area contributed by atoms with Crippen LogP contribution in [0.5, 0.6) is 0 Å². The number of rotatable bonds is 3. The fourth-order valence-corrected chi connectivity index (χ4v) is 1.88. The second kappa shape index (κ2) is 4.26. The number of carbonyl (C=O) groups excluding carboxylic acids is 1. The molecule has 0 saturated carbocycles. The molecular weight excluding hydrogens is 226 g/mol. The molecular formula is C12H12ClNO2. The third-order valence-corrected chi connectivity index (χ3v) is 2.80. The molecule has 0 spiro atoms. The van der Waals surface area contributed by atoms with Crippen LogP contribution in [0.15, 0.2) is 16.5 Å². The number of nitrogens with zero attached hydrogens (tertiary/aromatic N) is 1. The van der Waals surface area contributed by atoms with E-state index in [2.05, 4.69) is 18.8 Å². The van der Waals surface area contributed by atoms with Gasteiger partial charge in [-0.3, -0.25) is 4.79 Å². The summed E-state index contributed by atoms with van der Waals surface area (Å²) in [6.07, 6.45) is 1.88. The molecule has 0 fully saturated rings. The summed E-state index contributed by atoms with van der Waals surface area (Å²) in [6, 6.07) is 3.89. The van der Waals surface area contributed by atoms with Crippen LogP contribution in [0.2, 0.25) is 0 Å². The minimum Gasteiger partial charge on any atom is -0.433 e. The van der Waals surface area contributed by atoms with Crippen molar-refractivity contribution in [3.8, 4) is 0 Å². The molecule has 1 aromatic heterocycles. The van der Waals surface area contributed by atoms with E-state index in [4.69, 9.17) is 16.0 Å². The van der Waals surface area contributed by atoms with E-state index in [0.29, 0.717) is 11.1 Å². The minimum absolute atomic E-state index is 0.0352. The van der Waals surface area contributed by atoms with Crippen molar-refractivity contribution >= 4 is 27.9 Å². The van der Waals surface area contributed by atoms with Gasteiger partial charge in [0.2, 0.25) is 0 Å². The Morgan fingerprint density at radius 2 is 1.94 bits per heavy atom. The number of hydrogen-bond acceptors (Lipinski definition) is 3. The molecule has 1 aromatic carbocycles. The molecule has 0 N–H and O–H groups in total. The van der Waals surface area contributed by atoms with Crippen LogP contribution >= 0.6 is 11.6 Å². The molecule has 16 heavy (non-hydrogen) atoms. The number of aromatic nitrogens is 1. The van der Waals surface area contributed by atoms with E-state index in [-0.39, 0.29) is 5.89 Å². The van der Waals surface area contributed by atoms with Crippen molar-refractivity contribution in [3.63, 3.8) is 0 Å². The summed E-state index contributed by atoms with van der Waals surface area (Å²) < 4.78 is 5.28. The molecule has 0 unspecified atom stereocenters. The van der Waals surface area contributed by atoms with Gasteiger partial charge in [-0.05, 0) is 47.7 Å². The number of oxazole rings is 1. The third kappa shape index (κ3) is 1.83. The summed E-state index contributed by atoms with van der Waals surface area (Å²) in [5.74, 6) is -0.0352. The average molecular weight is 238 g/mol. The Bertz CT molecular complexity index is 504. The van der Waals surface area contributed by atoms with Crippen LogP contribution in [-0.2, 0) is 12.8 Å². The number of benzene rings is 1. The van der Waals surface area contributed by atoms with Crippen molar-refractivity contribution in [2.45, 2.75) is 26.7 Å². The van der Waals surface area contributed by atoms with Gasteiger partial charge in [-0.15, -0.1) is 0 Å². The molecule has 0 aliphatic carbocycles. The lowest BCUT2D eigenvalue weighted by Crippen LogP contribution is -1.90. The first-order valence-corrected chi connectivity index (χ1v) is 5.65. The molecule has 0 bridgehead atoms. The fraction of sp³-hybridized carbons (Fsp3) is 0.333. The van der Waals surface area contributed by atoms with Crippen molar-refractivity contribution in [1.29, 1.82) is 0 Å². The van der Waals surface area contributed by atoms with Crippen LogP contribution in [0, 0.1) is 0 Å². The molecule has 0 aliphatic heterocycles. The average Bonchev–Trinajstić information content (AvgIpc) is 2.69. The summed E-state index contributed by atoms with van der Waals surface area (Å²) in [6.45, 7) is 4.18. The lowest BCUT2D eigenvalue weighted by Gasteiger charge is -2.03. The van der Waals surface area contributed by atoms with Gasteiger partial charge in [0.05, 0.1) is 0 Å². The lowest BCUT2D eigenvalue weighted by atomic mass is 10.0. The number of aryl methyl sites for hydroxylation is 2. The highest BCUT2D eigenvalue weighted by atomic mass is 35.5. The largest absolute Gasteiger partial charge is 0.433 e. The molecule has 3 nitrogen and oxygen atoms in total. The zero-order valence-corrected chi connectivity index (χ0v) is 9.97. The Hall–Kier alpha value is -1.35. The SMILES string of the molecule is CCc1cc2nc(C(=O)Cl)oc2cc1CC. The first-order valence-electron chi connectivity index (χ1n) is 5.27. The molecule has 0 amide bonds. The van der Waals surface area contributed by atoms with E-state index in [1.807, 2.05) is 12.1 Å². The van der Waals surface area contributed by atoms with Crippen molar-refractivity contribution in [2.75, 3.05) is 0 Å². The zero-order valence-electron chi connectivity index (χ0n) is 9.21. The Balaban J connectivity index is 2.64. The molecule has 0 aliphatic rings. The van der Waals surface area contributed by atoms with Crippen LogP contribution in [-0.4, -0.2) is 10.2 Å². The summed E-state index contributed by atoms with van der Waals surface area (Å²) >= 11 is 5.33. The van der Waals surface area contributed by atoms with Gasteiger partial charge in [-0.2, -0.15) is 0 Å². The highest BCUT2D eigenvalue weighted by Crippen LogP contribution is 2.22. The highest BCUT2D eigenvalue weighted by molar-refractivity contribution is 6.67. The van der Waals surface area contributed by atoms with E-state index in [9.17, 15) is 4.79 Å². The molecule has 0 atom stereocenters. The van der Waals surface area contributed by atoms with Gasteiger partial charge in [0.15, 0.2) is 5.58 Å². The standard InChI is InChI=1S/C12H12ClNO2/c1-3-7-5-9-10(6-8(7)4-2)16-12(14-9)11(13)15/h5-6H,3-4H2,1-2H3. The number of carbonyl (C=O) groups is 1. The van der Waals surface area contributed by atoms with E-state index in [1.54, 1.807) is 0 Å². The number of fused-ring (bicyclic) bond motifs is 1. The van der Waals surface area contributed by atoms with Gasteiger partial charge in [-0.1, -0.05) is 13.8 Å². The van der Waals surface area contributed by atoms with Crippen molar-refractivity contribution in [3.05, 3.63) is 29.2 Å². The van der Waals surface area contributed by atoms with Gasteiger partial charge in [0.1, 0.15) is 5.52 Å². The van der Waals surface area contributed by atoms with E-state index < -0.39 is 5.24 Å². The van der Waals surface area contributed by atoms with Crippen molar-refractivity contribution in [2.24, 2.45) is 0 Å². The minimum atomic E-state index is -0.660. The quantitative estimate of drug-likeness (QED) is 0.769. The Morgan fingerprint density at radius 1 is 1.31 bits per heavy atom. The monoisotopic (exact) mass is 237 g/mol. The molecule has 0 saturated heterocycles. The Labute approximate surface area is 98.4 Å². The Morgan fingerprint density at radius 3 is 2.50 bits per heavy atom. The second-order valence-electron chi connectivity index (χ2n) is 3.59. The van der Waals surface area contributed by atoms with Gasteiger partial charge >= 0.3 is 5.24 Å². The normalized spacial score (nSPS) is 10.9. The second-order valence-corrected chi connectivity index (χ2v) is 3.93. The predicted molar refractivity (Wildman–Crippen MR) is 62.9 cm³/mol. The first kappa shape index (κ1) is 11.1.